The highest BCUT2D eigenvalue weighted by Gasteiger charge is 2.40. The first-order chi connectivity index (χ1) is 8.82. The van der Waals surface area contributed by atoms with E-state index in [2.05, 4.69) is 0 Å². The maximum Gasteiger partial charge on any atom is 0.410 e. The fourth-order valence-corrected chi connectivity index (χ4v) is 2.10. The molecule has 6 nitrogen and oxygen atoms in total. The van der Waals surface area contributed by atoms with Gasteiger partial charge < -0.3 is 24.8 Å². The van der Waals surface area contributed by atoms with Gasteiger partial charge in [0.2, 0.25) is 0 Å². The zero-order valence-corrected chi connectivity index (χ0v) is 12.4. The van der Waals surface area contributed by atoms with Crippen molar-refractivity contribution < 1.29 is 19.0 Å². The smallest absolute Gasteiger partial charge is 0.410 e. The van der Waals surface area contributed by atoms with Gasteiger partial charge in [-0.2, -0.15) is 0 Å². The third-order valence-corrected chi connectivity index (χ3v) is 3.13. The number of nitrogens with two attached hydrogens (primary N) is 1. The molecule has 112 valence electrons. The lowest BCUT2D eigenvalue weighted by molar-refractivity contribution is -0.0612. The van der Waals surface area contributed by atoms with E-state index in [0.29, 0.717) is 26.2 Å². The molecular formula is C13H26N2O4. The van der Waals surface area contributed by atoms with Crippen LogP contribution < -0.4 is 5.73 Å². The van der Waals surface area contributed by atoms with Gasteiger partial charge in [-0.05, 0) is 27.2 Å². The van der Waals surface area contributed by atoms with Crippen LogP contribution in [-0.2, 0) is 14.2 Å². The average molecular weight is 274 g/mol. The molecular weight excluding hydrogens is 248 g/mol. The maximum atomic E-state index is 12.0. The van der Waals surface area contributed by atoms with E-state index in [1.54, 1.807) is 12.0 Å². The summed E-state index contributed by atoms with van der Waals surface area (Å²) in [5.41, 5.74) is 5.18. The van der Waals surface area contributed by atoms with Crippen LogP contribution in [0.2, 0.25) is 0 Å². The van der Waals surface area contributed by atoms with Crippen molar-refractivity contribution in [1.29, 1.82) is 0 Å². The minimum Gasteiger partial charge on any atom is -0.444 e. The second kappa shape index (κ2) is 6.54. The minimum atomic E-state index is -0.475. The molecule has 1 aliphatic heterocycles. The molecule has 6 heteroatoms. The minimum absolute atomic E-state index is 0.185. The summed E-state index contributed by atoms with van der Waals surface area (Å²) in [6.45, 7) is 8.03. The second-order valence-electron chi connectivity index (χ2n) is 6.11. The summed E-state index contributed by atoms with van der Waals surface area (Å²) in [6.07, 6.45) is 0.543. The van der Waals surface area contributed by atoms with Gasteiger partial charge in [-0.1, -0.05) is 0 Å². The van der Waals surface area contributed by atoms with E-state index in [1.807, 2.05) is 20.8 Å². The highest BCUT2D eigenvalue weighted by atomic mass is 16.7. The van der Waals surface area contributed by atoms with Crippen molar-refractivity contribution in [1.82, 2.24) is 4.90 Å². The molecule has 1 rings (SSSR count). The summed E-state index contributed by atoms with van der Waals surface area (Å²) >= 11 is 0. The Labute approximate surface area is 115 Å². The van der Waals surface area contributed by atoms with Gasteiger partial charge in [0.25, 0.3) is 0 Å². The Hall–Kier alpha value is -0.850. The number of rotatable bonds is 5. The Morgan fingerprint density at radius 3 is 2.63 bits per heavy atom. The van der Waals surface area contributed by atoms with Gasteiger partial charge in [0.1, 0.15) is 12.4 Å². The highest BCUT2D eigenvalue weighted by Crippen LogP contribution is 2.30. The molecule has 1 aliphatic rings. The fraction of sp³-hybridized carbons (Fsp3) is 0.923. The van der Waals surface area contributed by atoms with Crippen molar-refractivity contribution in [2.75, 3.05) is 40.1 Å². The van der Waals surface area contributed by atoms with Crippen LogP contribution in [0.1, 0.15) is 27.2 Å². The average Bonchev–Trinajstić information content (AvgIpc) is 2.73. The van der Waals surface area contributed by atoms with Gasteiger partial charge in [0.15, 0.2) is 0 Å². The van der Waals surface area contributed by atoms with Gasteiger partial charge in [0.05, 0.1) is 6.61 Å². The topological polar surface area (TPSA) is 74.0 Å². The monoisotopic (exact) mass is 274 g/mol. The predicted octanol–water partition coefficient (Wildman–Crippen LogP) is 1.19. The van der Waals surface area contributed by atoms with Gasteiger partial charge in [-0.15, -0.1) is 0 Å². The molecule has 1 unspecified atom stereocenters. The number of amides is 1. The zero-order valence-electron chi connectivity index (χ0n) is 12.4. The molecule has 0 radical (unpaired) electrons. The summed E-state index contributed by atoms with van der Waals surface area (Å²) in [6, 6.07) is 0. The highest BCUT2D eigenvalue weighted by molar-refractivity contribution is 5.68. The summed E-state index contributed by atoms with van der Waals surface area (Å²) in [4.78, 5) is 13.7. The van der Waals surface area contributed by atoms with Crippen molar-refractivity contribution in [2.45, 2.75) is 32.8 Å². The van der Waals surface area contributed by atoms with Crippen LogP contribution in [0, 0.1) is 5.41 Å². The molecule has 1 saturated heterocycles. The number of methoxy groups -OCH3 is 1. The Kier molecular flexibility index (Phi) is 5.58. The lowest BCUT2D eigenvalue weighted by atomic mass is 9.88. The number of hydrogen-bond acceptors (Lipinski definition) is 5. The van der Waals surface area contributed by atoms with Crippen molar-refractivity contribution in [3.63, 3.8) is 0 Å². The molecule has 0 saturated carbocycles. The quantitative estimate of drug-likeness (QED) is 0.602. The first-order valence-corrected chi connectivity index (χ1v) is 6.57. The van der Waals surface area contributed by atoms with Crippen LogP contribution in [0.5, 0.6) is 0 Å². The fourth-order valence-electron chi connectivity index (χ4n) is 2.10. The number of carbonyl (C=O) groups is 1. The van der Waals surface area contributed by atoms with Crippen molar-refractivity contribution in [2.24, 2.45) is 11.1 Å². The molecule has 0 aromatic heterocycles. The molecule has 2 N–H and O–H groups in total. The van der Waals surface area contributed by atoms with E-state index in [1.165, 1.54) is 0 Å². The van der Waals surface area contributed by atoms with Crippen LogP contribution in [0.3, 0.4) is 0 Å². The van der Waals surface area contributed by atoms with Gasteiger partial charge >= 0.3 is 6.09 Å². The van der Waals surface area contributed by atoms with Crippen LogP contribution in [0.4, 0.5) is 4.79 Å². The van der Waals surface area contributed by atoms with Crippen LogP contribution in [0.15, 0.2) is 0 Å². The van der Waals surface area contributed by atoms with Crippen LogP contribution in [-0.4, -0.2) is 56.7 Å². The van der Waals surface area contributed by atoms with Gasteiger partial charge in [0, 0.05) is 32.2 Å². The van der Waals surface area contributed by atoms with E-state index >= 15 is 0 Å². The largest absolute Gasteiger partial charge is 0.444 e. The normalized spacial score (nSPS) is 23.7. The molecule has 1 fully saturated rings. The Balaban J connectivity index is 2.52. The predicted molar refractivity (Wildman–Crippen MR) is 71.7 cm³/mol. The Morgan fingerprint density at radius 1 is 1.42 bits per heavy atom. The number of likely N-dealkylation sites (tertiary alicyclic amines) is 1. The number of hydrogen-bond donors (Lipinski definition) is 1. The lowest BCUT2D eigenvalue weighted by Gasteiger charge is -2.28. The molecule has 1 atom stereocenters. The summed E-state index contributed by atoms with van der Waals surface area (Å²) < 4.78 is 15.6. The maximum absolute atomic E-state index is 12.0. The molecule has 1 heterocycles. The molecule has 19 heavy (non-hydrogen) atoms. The van der Waals surface area contributed by atoms with E-state index < -0.39 is 5.60 Å². The second-order valence-corrected chi connectivity index (χ2v) is 6.11. The Bertz CT molecular complexity index is 304. The van der Waals surface area contributed by atoms with E-state index in [4.69, 9.17) is 19.9 Å². The number of ether oxygens (including phenoxy) is 3. The van der Waals surface area contributed by atoms with E-state index in [0.717, 1.165) is 6.42 Å². The molecule has 0 spiro atoms. The van der Waals surface area contributed by atoms with Crippen LogP contribution >= 0.6 is 0 Å². The first-order valence-electron chi connectivity index (χ1n) is 6.57. The molecule has 0 aromatic rings. The van der Waals surface area contributed by atoms with Gasteiger partial charge in [-0.25, -0.2) is 4.79 Å². The lowest BCUT2D eigenvalue weighted by Crippen LogP contribution is -2.41. The Morgan fingerprint density at radius 2 is 2.11 bits per heavy atom. The standard InChI is InChI=1S/C13H26N2O4/c1-12(2,3)19-11(16)15-6-5-13(7-14,8-15)9-18-10-17-4/h5-10,14H2,1-4H3. The van der Waals surface area contributed by atoms with E-state index in [-0.39, 0.29) is 18.3 Å². The SMILES string of the molecule is COCOCC1(CN)CCN(C(=O)OC(C)(C)C)C1. The first kappa shape index (κ1) is 16.2. The van der Waals surface area contributed by atoms with Crippen molar-refractivity contribution >= 4 is 6.09 Å². The van der Waals surface area contributed by atoms with Gasteiger partial charge in [-0.3, -0.25) is 0 Å². The molecule has 0 bridgehead atoms. The molecule has 0 aliphatic carbocycles. The molecule has 0 aromatic carbocycles. The van der Waals surface area contributed by atoms with E-state index in [9.17, 15) is 4.79 Å². The summed E-state index contributed by atoms with van der Waals surface area (Å²) in [5, 5.41) is 0. The third-order valence-electron chi connectivity index (χ3n) is 3.13. The van der Waals surface area contributed by atoms with Crippen molar-refractivity contribution in [3.05, 3.63) is 0 Å². The summed E-state index contributed by atoms with van der Waals surface area (Å²) in [5.74, 6) is 0. The number of carbonyl (C=O) groups excluding carboxylic acids is 1. The van der Waals surface area contributed by atoms with Crippen molar-refractivity contribution in [3.8, 4) is 0 Å². The number of nitrogens with zero attached hydrogens (tertiary/aromatic N) is 1. The molecule has 1 amide bonds. The van der Waals surface area contributed by atoms with Crippen LogP contribution in [0.25, 0.3) is 0 Å². The third kappa shape index (κ3) is 4.97. The summed E-state index contributed by atoms with van der Waals surface area (Å²) in [7, 11) is 1.58. The zero-order chi connectivity index (χ0) is 14.5.